The average Bonchev–Trinajstić information content (AvgIpc) is 3.19. The lowest BCUT2D eigenvalue weighted by Gasteiger charge is -2.22. The van der Waals surface area contributed by atoms with Crippen molar-refractivity contribution in [1.29, 1.82) is 0 Å². The predicted octanol–water partition coefficient (Wildman–Crippen LogP) is 5.58. The third-order valence-corrected chi connectivity index (χ3v) is 6.14. The van der Waals surface area contributed by atoms with Gasteiger partial charge in [0.25, 0.3) is 0 Å². The molecule has 1 aliphatic heterocycles. The molecule has 2 nitrogen and oxygen atoms in total. The number of nitrogens with zero attached hydrogens (tertiary/aromatic N) is 1. The quantitative estimate of drug-likeness (QED) is 0.556. The summed E-state index contributed by atoms with van der Waals surface area (Å²) >= 11 is 1.72. The van der Waals surface area contributed by atoms with Gasteiger partial charge in [0.2, 0.25) is 5.69 Å². The number of hydrogen-bond donors (Lipinski definition) is 0. The number of benzene rings is 2. The van der Waals surface area contributed by atoms with Gasteiger partial charge >= 0.3 is 0 Å². The molecule has 0 fully saturated rings. The summed E-state index contributed by atoms with van der Waals surface area (Å²) < 4.78 is 2.24. The number of ketones is 1. The van der Waals surface area contributed by atoms with Crippen molar-refractivity contribution in [3.05, 3.63) is 70.4 Å². The normalized spacial score (nSPS) is 19.5. The Morgan fingerprint density at radius 3 is 2.65 bits per heavy atom. The van der Waals surface area contributed by atoms with Crippen LogP contribution in [0.2, 0.25) is 0 Å². The van der Waals surface area contributed by atoms with Crippen LogP contribution in [-0.2, 0) is 10.2 Å². The molecule has 0 bridgehead atoms. The minimum atomic E-state index is -0.329. The summed E-state index contributed by atoms with van der Waals surface area (Å²) in [6, 6.07) is 17.0. The van der Waals surface area contributed by atoms with Crippen molar-refractivity contribution in [2.75, 3.05) is 7.05 Å². The third-order valence-electron chi connectivity index (χ3n) is 5.30. The summed E-state index contributed by atoms with van der Waals surface area (Å²) in [7, 11) is 2.10. The molecular formula is C23H22NOS+. The van der Waals surface area contributed by atoms with Crippen LogP contribution in [0.5, 0.6) is 0 Å². The molecular weight excluding hydrogens is 338 g/mol. The smallest absolute Gasteiger partial charge is 0.210 e. The molecule has 1 unspecified atom stereocenters. The number of rotatable bonds is 4. The molecule has 1 atom stereocenters. The Kier molecular flexibility index (Phi) is 4.12. The van der Waals surface area contributed by atoms with Crippen LogP contribution in [-0.4, -0.2) is 23.1 Å². The first-order chi connectivity index (χ1) is 12.5. The molecule has 0 radical (unpaired) electrons. The topological polar surface area (TPSA) is 20.1 Å². The van der Waals surface area contributed by atoms with Crippen LogP contribution >= 0.6 is 11.3 Å². The number of hydrogen-bond acceptors (Lipinski definition) is 2. The molecule has 3 aromatic rings. The summed E-state index contributed by atoms with van der Waals surface area (Å²) in [5.74, 6) is 0.212. The summed E-state index contributed by atoms with van der Waals surface area (Å²) in [4.78, 5) is 13.4. The maximum Gasteiger partial charge on any atom is 0.210 e. The Hall–Kier alpha value is -2.52. The van der Waals surface area contributed by atoms with Crippen LogP contribution in [0.4, 0.5) is 5.69 Å². The van der Waals surface area contributed by atoms with Crippen molar-refractivity contribution in [3.63, 3.8) is 0 Å². The highest BCUT2D eigenvalue weighted by atomic mass is 32.1. The second-order valence-electron chi connectivity index (χ2n) is 7.18. The second-order valence-corrected chi connectivity index (χ2v) is 8.16. The molecule has 26 heavy (non-hydrogen) atoms. The Bertz CT molecular complexity index is 1060. The molecule has 2 aromatic carbocycles. The Morgan fingerprint density at radius 1 is 1.12 bits per heavy atom. The van der Waals surface area contributed by atoms with Gasteiger partial charge in [-0.15, -0.1) is 11.3 Å². The van der Waals surface area contributed by atoms with Crippen LogP contribution in [0.15, 0.2) is 60.0 Å². The van der Waals surface area contributed by atoms with E-state index in [2.05, 4.69) is 84.6 Å². The van der Waals surface area contributed by atoms with Gasteiger partial charge in [0.1, 0.15) is 12.8 Å². The van der Waals surface area contributed by atoms with Crippen molar-refractivity contribution in [2.45, 2.75) is 25.7 Å². The minimum absolute atomic E-state index is 0.212. The van der Waals surface area contributed by atoms with Gasteiger partial charge in [-0.3, -0.25) is 4.79 Å². The first kappa shape index (κ1) is 16.9. The number of Topliss-reactive ketones (excluding diaryl/α,β-unsaturated/α-hetero) is 1. The molecule has 0 spiro atoms. The zero-order valence-electron chi connectivity index (χ0n) is 15.3. The molecule has 0 saturated heterocycles. The van der Waals surface area contributed by atoms with Gasteiger partial charge in [-0.05, 0) is 48.2 Å². The van der Waals surface area contributed by atoms with E-state index in [-0.39, 0.29) is 11.2 Å². The highest BCUT2D eigenvalue weighted by molar-refractivity contribution is 7.10. The number of fused-ring (bicyclic) bond motifs is 3. The first-order valence-corrected chi connectivity index (χ1v) is 9.73. The molecule has 1 aliphatic rings. The van der Waals surface area contributed by atoms with E-state index >= 15 is 0 Å². The van der Waals surface area contributed by atoms with Gasteiger partial charge in [-0.25, -0.2) is 0 Å². The zero-order chi connectivity index (χ0) is 18.3. The van der Waals surface area contributed by atoms with Gasteiger partial charge in [0.15, 0.2) is 5.71 Å². The number of thiophene rings is 1. The van der Waals surface area contributed by atoms with Crippen LogP contribution in [0.25, 0.3) is 16.8 Å². The molecule has 130 valence electrons. The number of carbonyl (C=O) groups excluding carboxylic acids is 1. The largest absolute Gasteiger partial charge is 0.300 e. The fourth-order valence-electron chi connectivity index (χ4n) is 4.27. The molecule has 0 saturated carbocycles. The molecule has 1 aromatic heterocycles. The summed E-state index contributed by atoms with van der Waals surface area (Å²) in [6.07, 6.45) is 4.84. The molecule has 4 rings (SSSR count). The van der Waals surface area contributed by atoms with E-state index in [1.54, 1.807) is 18.3 Å². The average molecular weight is 361 g/mol. The van der Waals surface area contributed by atoms with E-state index in [0.29, 0.717) is 6.42 Å². The number of allylic oxidation sites excluding steroid dienone is 1. The lowest BCUT2D eigenvalue weighted by Crippen LogP contribution is -2.32. The lowest BCUT2D eigenvalue weighted by atomic mass is 9.73. The van der Waals surface area contributed by atoms with Crippen molar-refractivity contribution >= 4 is 45.4 Å². The molecule has 0 amide bonds. The van der Waals surface area contributed by atoms with Crippen molar-refractivity contribution in [2.24, 2.45) is 0 Å². The predicted molar refractivity (Wildman–Crippen MR) is 111 cm³/mol. The molecule has 0 N–H and O–H groups in total. The van der Waals surface area contributed by atoms with Crippen LogP contribution in [0, 0.1) is 0 Å². The minimum Gasteiger partial charge on any atom is -0.300 e. The van der Waals surface area contributed by atoms with Crippen LogP contribution < -0.4 is 0 Å². The zero-order valence-corrected chi connectivity index (χ0v) is 16.1. The Labute approximate surface area is 158 Å². The fraction of sp³-hybridized carbons (Fsp3) is 0.217. The molecule has 0 aliphatic carbocycles. The van der Waals surface area contributed by atoms with Crippen molar-refractivity contribution < 1.29 is 9.37 Å². The van der Waals surface area contributed by atoms with E-state index < -0.39 is 0 Å². The SMILES string of the molecule is CC(=O)CC1(C)C(/C=C/c2cccs2)=[N+](C)c2ccc3ccccc3c21. The van der Waals surface area contributed by atoms with E-state index in [0.717, 1.165) is 0 Å². The van der Waals surface area contributed by atoms with Crippen molar-refractivity contribution in [1.82, 2.24) is 0 Å². The monoisotopic (exact) mass is 360 g/mol. The summed E-state index contributed by atoms with van der Waals surface area (Å²) in [5.41, 5.74) is 3.30. The van der Waals surface area contributed by atoms with E-state index in [9.17, 15) is 4.79 Å². The third kappa shape index (κ3) is 2.63. The molecule has 3 heteroatoms. The summed E-state index contributed by atoms with van der Waals surface area (Å²) in [5, 5.41) is 4.54. The number of carbonyl (C=O) groups is 1. The van der Waals surface area contributed by atoms with Gasteiger partial charge in [-0.1, -0.05) is 30.3 Å². The van der Waals surface area contributed by atoms with Crippen LogP contribution in [0.3, 0.4) is 0 Å². The lowest BCUT2D eigenvalue weighted by molar-refractivity contribution is -0.401. The second kappa shape index (κ2) is 6.33. The fourth-order valence-corrected chi connectivity index (χ4v) is 4.89. The van der Waals surface area contributed by atoms with Crippen molar-refractivity contribution in [3.8, 4) is 0 Å². The van der Waals surface area contributed by atoms with Crippen LogP contribution in [0.1, 0.15) is 30.7 Å². The molecule has 2 heterocycles. The first-order valence-electron chi connectivity index (χ1n) is 8.85. The maximum atomic E-state index is 12.2. The Balaban J connectivity index is 1.94. The highest BCUT2D eigenvalue weighted by Gasteiger charge is 2.48. The van der Waals surface area contributed by atoms with Gasteiger partial charge < -0.3 is 0 Å². The van der Waals surface area contributed by atoms with E-state index in [1.807, 2.05) is 0 Å². The standard InChI is InChI=1S/C23H22NOS/c1-16(25)15-23(2)21(13-11-18-8-6-14-26-18)24(3)20-12-10-17-7-4-5-9-19(17)22(20)23/h4-14H,15H2,1-3H3/q+1/b13-11+. The maximum absolute atomic E-state index is 12.2. The van der Waals surface area contributed by atoms with Gasteiger partial charge in [0, 0.05) is 29.0 Å². The highest BCUT2D eigenvalue weighted by Crippen LogP contribution is 2.46. The van der Waals surface area contributed by atoms with Gasteiger partial charge in [0.05, 0.1) is 5.41 Å². The van der Waals surface area contributed by atoms with E-state index in [4.69, 9.17) is 0 Å². The Morgan fingerprint density at radius 2 is 1.92 bits per heavy atom. The van der Waals surface area contributed by atoms with E-state index in [1.165, 1.54) is 32.6 Å². The van der Waals surface area contributed by atoms with Gasteiger partial charge in [-0.2, -0.15) is 4.58 Å². The summed E-state index contributed by atoms with van der Waals surface area (Å²) in [6.45, 7) is 3.90.